The number of nitrogens with two attached hydrogens (primary N) is 1. The van der Waals surface area contributed by atoms with Crippen LogP contribution in [-0.2, 0) is 14.6 Å². The highest BCUT2D eigenvalue weighted by Gasteiger charge is 2.62. The first kappa shape index (κ1) is 32.6. The van der Waals surface area contributed by atoms with Crippen molar-refractivity contribution in [2.45, 2.75) is 136 Å². The summed E-state index contributed by atoms with van der Waals surface area (Å²) in [6.07, 6.45) is 9.19. The van der Waals surface area contributed by atoms with E-state index in [1.165, 1.54) is 0 Å². The van der Waals surface area contributed by atoms with Gasteiger partial charge in [-0.2, -0.15) is 8.42 Å². The van der Waals surface area contributed by atoms with Crippen molar-refractivity contribution in [1.82, 2.24) is 10.6 Å². The van der Waals surface area contributed by atoms with Gasteiger partial charge in [0.15, 0.2) is 0 Å². The topological polar surface area (TPSA) is 134 Å². The van der Waals surface area contributed by atoms with Crippen molar-refractivity contribution < 1.29 is 25.0 Å². The van der Waals surface area contributed by atoms with Gasteiger partial charge in [0.2, 0.25) is 0 Å². The molecule has 0 bridgehead atoms. The molecule has 0 spiro atoms. The Morgan fingerprint density at radius 2 is 1.70 bits per heavy atom. The molecule has 4 saturated carbocycles. The molecule has 0 radical (unpaired) electrons. The van der Waals surface area contributed by atoms with Gasteiger partial charge in [-0.1, -0.05) is 34.6 Å². The molecule has 252 valence electrons. The molecular weight excluding hydrogens is 562 g/mol. The van der Waals surface area contributed by atoms with Crippen LogP contribution >= 0.6 is 0 Å². The van der Waals surface area contributed by atoms with E-state index >= 15 is 0 Å². The van der Waals surface area contributed by atoms with E-state index in [-0.39, 0.29) is 34.6 Å². The van der Waals surface area contributed by atoms with Crippen LogP contribution in [0.5, 0.6) is 0 Å². The first-order valence-electron chi connectivity index (χ1n) is 18.6. The van der Waals surface area contributed by atoms with Crippen LogP contribution < -0.4 is 16.4 Å². The molecule has 0 aliphatic heterocycles. The number of aliphatic hydroxyl groups is 1. The van der Waals surface area contributed by atoms with Crippen LogP contribution in [0.15, 0.2) is 0 Å². The highest BCUT2D eigenvalue weighted by atomic mass is 32.3. The molecule has 0 aromatic heterocycles. The van der Waals surface area contributed by atoms with Gasteiger partial charge in [0.05, 0.1) is 12.2 Å². The third-order valence-corrected chi connectivity index (χ3v) is 13.0. The van der Waals surface area contributed by atoms with Crippen molar-refractivity contribution >= 4 is 10.4 Å². The van der Waals surface area contributed by atoms with Crippen molar-refractivity contribution in [3.8, 4) is 0 Å². The summed E-state index contributed by atoms with van der Waals surface area (Å²) in [6, 6.07) is 0.217. The van der Waals surface area contributed by atoms with Gasteiger partial charge in [-0.3, -0.25) is 4.55 Å². The molecule has 4 aliphatic carbocycles. The van der Waals surface area contributed by atoms with E-state index in [0.29, 0.717) is 30.6 Å². The average molecular weight is 630 g/mol. The highest BCUT2D eigenvalue weighted by molar-refractivity contribution is 7.80. The van der Waals surface area contributed by atoms with Crippen LogP contribution in [0.2, 0.25) is 0 Å². The molecule has 3 unspecified atom stereocenters. The lowest BCUT2D eigenvalue weighted by Crippen LogP contribution is -2.59. The number of hydrogen-bond acceptors (Lipinski definition) is 7. The zero-order valence-corrected chi connectivity index (χ0v) is 28.5. The van der Waals surface area contributed by atoms with E-state index in [1.54, 1.807) is 0 Å². The third-order valence-electron chi connectivity index (χ3n) is 12.6. The van der Waals surface area contributed by atoms with Crippen molar-refractivity contribution in [3.05, 3.63) is 0 Å². The zero-order valence-electron chi connectivity index (χ0n) is 29.7. The molecule has 0 aromatic carbocycles. The van der Waals surface area contributed by atoms with E-state index in [0.717, 1.165) is 90.4 Å². The summed E-state index contributed by atoms with van der Waals surface area (Å²) in [4.78, 5) is 0. The minimum atomic E-state index is -4.50. The van der Waals surface area contributed by atoms with Crippen LogP contribution in [-0.4, -0.2) is 62.5 Å². The van der Waals surface area contributed by atoms with Crippen molar-refractivity contribution in [3.63, 3.8) is 0 Å². The second-order valence-corrected chi connectivity index (χ2v) is 16.5. The fourth-order valence-corrected chi connectivity index (χ4v) is 10.7. The Hall–Kier alpha value is -0.290. The van der Waals surface area contributed by atoms with E-state index in [2.05, 4.69) is 31.4 Å². The van der Waals surface area contributed by atoms with Gasteiger partial charge in [0, 0.05) is 8.78 Å². The molecule has 0 amide bonds. The molecule has 0 saturated heterocycles. The van der Waals surface area contributed by atoms with Gasteiger partial charge in [0.1, 0.15) is 0 Å². The summed E-state index contributed by atoms with van der Waals surface area (Å²) in [5.41, 5.74) is 5.34. The Morgan fingerprint density at radius 3 is 2.40 bits per heavy atom. The first-order chi connectivity index (χ1) is 21.1. The lowest BCUT2D eigenvalue weighted by molar-refractivity contribution is -0.167. The van der Waals surface area contributed by atoms with Gasteiger partial charge < -0.3 is 21.5 Å². The second-order valence-electron chi connectivity index (χ2n) is 15.5. The normalized spacial score (nSPS) is 43.3. The summed E-state index contributed by atoms with van der Waals surface area (Å²) in [7, 11) is -4.50. The van der Waals surface area contributed by atoms with Crippen LogP contribution in [0.25, 0.3) is 0 Å². The van der Waals surface area contributed by atoms with Gasteiger partial charge in [-0.05, 0) is 162 Å². The summed E-state index contributed by atoms with van der Waals surface area (Å²) >= 11 is 0. The van der Waals surface area contributed by atoms with Crippen LogP contribution in [0.1, 0.15) is 121 Å². The van der Waals surface area contributed by atoms with E-state index < -0.39 is 34.9 Å². The summed E-state index contributed by atoms with van der Waals surface area (Å²) in [5.74, 6) is 0.433. The standard InChI is InChI=1S/C34H65N3O5S/c1-23(2)31(42-43(39,40)41)12-9-24(3)27-10-11-28-32-29(14-16-34(27,28)5)33(4)15-13-26(21-25(33)22-30(32)38)37-20-8-19-36-18-7-6-17-35/h23-32,36-38H,6-22,35H2,1-5H3,(H,39,40,41)/t24-,25-,26+,27-,28?,29?,30-,31-,32?,33+,34-/m1/s1/i22D,25D/t22-,24-,25-,26+,27-,28?,29?,30-,31-,32?,33+,34-. The summed E-state index contributed by atoms with van der Waals surface area (Å²) < 4.78 is 56.3. The molecule has 8 nitrogen and oxygen atoms in total. The molecule has 4 fully saturated rings. The van der Waals surface area contributed by atoms with Crippen LogP contribution in [0.3, 0.4) is 0 Å². The maximum Gasteiger partial charge on any atom is 0.397 e. The maximum atomic E-state index is 11.9. The first-order valence-corrected chi connectivity index (χ1v) is 18.9. The number of unbranched alkanes of at least 4 members (excludes halogenated alkanes) is 1. The smallest absolute Gasteiger partial charge is 0.393 e. The van der Waals surface area contributed by atoms with Crippen molar-refractivity contribution in [2.24, 2.45) is 58.0 Å². The quantitative estimate of drug-likeness (QED) is 0.111. The molecule has 0 heterocycles. The Kier molecular flexibility index (Phi) is 11.4. The second kappa shape index (κ2) is 15.1. The fourth-order valence-electron chi connectivity index (χ4n) is 10.1. The fraction of sp³-hybridized carbons (Fsp3) is 1.00. The van der Waals surface area contributed by atoms with Gasteiger partial charge in [-0.15, -0.1) is 0 Å². The lowest BCUT2D eigenvalue weighted by Gasteiger charge is -2.62. The van der Waals surface area contributed by atoms with E-state index in [1.807, 2.05) is 13.8 Å². The summed E-state index contributed by atoms with van der Waals surface area (Å²) in [5, 5.41) is 19.1. The molecule has 12 atom stereocenters. The lowest BCUT2D eigenvalue weighted by atomic mass is 9.43. The molecule has 43 heavy (non-hydrogen) atoms. The van der Waals surface area contributed by atoms with E-state index in [4.69, 9.17) is 9.92 Å². The maximum absolute atomic E-state index is 11.9. The number of hydrogen-bond donors (Lipinski definition) is 5. The average Bonchev–Trinajstić information content (AvgIpc) is 3.33. The highest BCUT2D eigenvalue weighted by Crippen LogP contribution is 2.68. The molecule has 0 aromatic rings. The van der Waals surface area contributed by atoms with Crippen molar-refractivity contribution in [1.29, 1.82) is 0 Å². The number of rotatable bonds is 16. The molecule has 9 heteroatoms. The molecular formula is C34H65N3O5S. The monoisotopic (exact) mass is 629 g/mol. The molecule has 4 aliphatic rings. The third kappa shape index (κ3) is 8.36. The largest absolute Gasteiger partial charge is 0.397 e. The Balaban J connectivity index is 1.39. The van der Waals surface area contributed by atoms with Crippen LogP contribution in [0.4, 0.5) is 0 Å². The zero-order chi connectivity index (χ0) is 33.2. The van der Waals surface area contributed by atoms with Gasteiger partial charge in [-0.25, -0.2) is 4.18 Å². The minimum absolute atomic E-state index is 0.0300. The molecule has 4 rings (SSSR count). The number of nitrogens with one attached hydrogen (secondary N) is 2. The minimum Gasteiger partial charge on any atom is -0.393 e. The number of fused-ring (bicyclic) bond motifs is 5. The predicted octanol–water partition coefficient (Wildman–Crippen LogP) is 5.55. The Morgan fingerprint density at radius 1 is 1.00 bits per heavy atom. The molecule has 6 N–H and O–H groups in total. The van der Waals surface area contributed by atoms with Gasteiger partial charge in [0.25, 0.3) is 0 Å². The Bertz CT molecular complexity index is 1070. The SMILES string of the molecule is [2H][C@H]1[C@@H](O)C2C3CC[C@H]([C@H](C)CC[C@@H](OS(=O)(=O)O)C(C)C)[C@@]3(C)CCC2[C@@]2(C)CC[C@H](NCCCNCCCCN)C[C@]12[2H]. The Labute approximate surface area is 266 Å². The predicted molar refractivity (Wildman–Crippen MR) is 174 cm³/mol. The summed E-state index contributed by atoms with van der Waals surface area (Å²) in [6.45, 7) is 14.4. The van der Waals surface area contributed by atoms with E-state index in [9.17, 15) is 20.8 Å². The van der Waals surface area contributed by atoms with Crippen molar-refractivity contribution in [2.75, 3.05) is 26.2 Å². The number of aliphatic hydroxyl groups excluding tert-OH is 1. The van der Waals surface area contributed by atoms with Crippen LogP contribution in [0, 0.1) is 52.2 Å². The van der Waals surface area contributed by atoms with Gasteiger partial charge >= 0.3 is 10.4 Å².